The van der Waals surface area contributed by atoms with Crippen LogP contribution in [0.4, 0.5) is 5.69 Å². The molecule has 0 aliphatic rings. The lowest BCUT2D eigenvalue weighted by molar-refractivity contribution is -0.146. The molecule has 1 aromatic rings. The maximum atomic E-state index is 12.3. The van der Waals surface area contributed by atoms with Crippen molar-refractivity contribution in [3.05, 3.63) is 29.8 Å². The van der Waals surface area contributed by atoms with E-state index in [-0.39, 0.29) is 12.3 Å². The van der Waals surface area contributed by atoms with Gasteiger partial charge in [0.2, 0.25) is 5.91 Å². The molecule has 0 saturated carbocycles. The first kappa shape index (κ1) is 20.1. The van der Waals surface area contributed by atoms with Crippen molar-refractivity contribution in [2.45, 2.75) is 26.3 Å². The SMILES string of the molecule is COC(=O)C[C@@H](C)[C@H](NC(=O)c1ccc(NC(C)=O)cc1)C(=O)OC. The van der Waals surface area contributed by atoms with Gasteiger partial charge in [-0.1, -0.05) is 6.92 Å². The smallest absolute Gasteiger partial charge is 0.328 e. The number of hydrogen-bond donors (Lipinski definition) is 2. The number of rotatable bonds is 7. The number of carbonyl (C=O) groups excluding carboxylic acids is 4. The van der Waals surface area contributed by atoms with E-state index < -0.39 is 29.8 Å². The third-order valence-corrected chi connectivity index (χ3v) is 3.49. The van der Waals surface area contributed by atoms with E-state index in [1.807, 2.05) is 0 Å². The molecule has 2 atom stereocenters. The molecule has 8 heteroatoms. The third-order valence-electron chi connectivity index (χ3n) is 3.49. The van der Waals surface area contributed by atoms with E-state index in [0.717, 1.165) is 0 Å². The Labute approximate surface area is 145 Å². The normalized spacial score (nSPS) is 12.5. The van der Waals surface area contributed by atoms with E-state index >= 15 is 0 Å². The molecule has 0 unspecified atom stereocenters. The molecule has 0 saturated heterocycles. The number of anilines is 1. The second-order valence-electron chi connectivity index (χ2n) is 5.49. The first-order chi connectivity index (χ1) is 11.8. The van der Waals surface area contributed by atoms with E-state index in [4.69, 9.17) is 4.74 Å². The van der Waals surface area contributed by atoms with Crippen LogP contribution in [0.3, 0.4) is 0 Å². The van der Waals surface area contributed by atoms with Crippen LogP contribution in [-0.2, 0) is 23.9 Å². The van der Waals surface area contributed by atoms with E-state index in [9.17, 15) is 19.2 Å². The fraction of sp³-hybridized carbons (Fsp3) is 0.412. The van der Waals surface area contributed by atoms with Gasteiger partial charge in [-0.15, -0.1) is 0 Å². The number of ether oxygens (including phenoxy) is 2. The summed E-state index contributed by atoms with van der Waals surface area (Å²) in [6.07, 6.45) is -0.0436. The lowest BCUT2D eigenvalue weighted by Crippen LogP contribution is -2.46. The van der Waals surface area contributed by atoms with Gasteiger partial charge in [0.1, 0.15) is 6.04 Å². The Hall–Kier alpha value is -2.90. The van der Waals surface area contributed by atoms with Crippen molar-refractivity contribution in [3.63, 3.8) is 0 Å². The summed E-state index contributed by atoms with van der Waals surface area (Å²) in [7, 11) is 2.45. The van der Waals surface area contributed by atoms with Gasteiger partial charge in [-0.05, 0) is 30.2 Å². The second kappa shape index (κ2) is 9.41. The number of carbonyl (C=O) groups is 4. The molecular formula is C17H22N2O6. The Balaban J connectivity index is 2.85. The zero-order chi connectivity index (χ0) is 19.0. The highest BCUT2D eigenvalue weighted by molar-refractivity contribution is 5.97. The molecule has 2 amide bonds. The summed E-state index contributed by atoms with van der Waals surface area (Å²) in [6.45, 7) is 3.02. The van der Waals surface area contributed by atoms with Gasteiger partial charge in [0, 0.05) is 18.2 Å². The van der Waals surface area contributed by atoms with Gasteiger partial charge in [0.15, 0.2) is 0 Å². The number of benzene rings is 1. The molecule has 0 aliphatic carbocycles. The number of esters is 2. The van der Waals surface area contributed by atoms with Crippen LogP contribution in [-0.4, -0.2) is 44.0 Å². The summed E-state index contributed by atoms with van der Waals surface area (Å²) in [5.41, 5.74) is 0.848. The van der Waals surface area contributed by atoms with Crippen LogP contribution in [0.25, 0.3) is 0 Å². The fourth-order valence-corrected chi connectivity index (χ4v) is 2.16. The Morgan fingerprint density at radius 1 is 1.04 bits per heavy atom. The van der Waals surface area contributed by atoms with Gasteiger partial charge < -0.3 is 20.1 Å². The summed E-state index contributed by atoms with van der Waals surface area (Å²) < 4.78 is 9.28. The molecule has 0 radical (unpaired) electrons. The van der Waals surface area contributed by atoms with Crippen LogP contribution in [0.1, 0.15) is 30.6 Å². The van der Waals surface area contributed by atoms with Gasteiger partial charge >= 0.3 is 11.9 Å². The average Bonchev–Trinajstić information content (AvgIpc) is 2.58. The molecule has 136 valence electrons. The van der Waals surface area contributed by atoms with E-state index in [2.05, 4.69) is 15.4 Å². The van der Waals surface area contributed by atoms with Crippen molar-refractivity contribution in [1.82, 2.24) is 5.32 Å². The largest absolute Gasteiger partial charge is 0.469 e. The summed E-state index contributed by atoms with van der Waals surface area (Å²) in [5, 5.41) is 5.15. The molecule has 1 aromatic carbocycles. The highest BCUT2D eigenvalue weighted by Gasteiger charge is 2.30. The predicted octanol–water partition coefficient (Wildman–Crippen LogP) is 1.12. The summed E-state index contributed by atoms with van der Waals surface area (Å²) >= 11 is 0. The molecule has 2 N–H and O–H groups in total. The summed E-state index contributed by atoms with van der Waals surface area (Å²) in [6, 6.07) is 5.18. The molecule has 1 rings (SSSR count). The van der Waals surface area contributed by atoms with Crippen LogP contribution in [0.2, 0.25) is 0 Å². The Bertz CT molecular complexity index is 641. The van der Waals surface area contributed by atoms with E-state index in [1.54, 1.807) is 19.1 Å². The van der Waals surface area contributed by atoms with Crippen molar-refractivity contribution in [1.29, 1.82) is 0 Å². The van der Waals surface area contributed by atoms with Crippen molar-refractivity contribution in [3.8, 4) is 0 Å². The minimum absolute atomic E-state index is 0.0436. The molecule has 25 heavy (non-hydrogen) atoms. The Morgan fingerprint density at radius 2 is 1.64 bits per heavy atom. The highest BCUT2D eigenvalue weighted by atomic mass is 16.5. The van der Waals surface area contributed by atoms with Crippen molar-refractivity contribution in [2.75, 3.05) is 19.5 Å². The average molecular weight is 350 g/mol. The number of amides is 2. The van der Waals surface area contributed by atoms with Crippen molar-refractivity contribution >= 4 is 29.4 Å². The lowest BCUT2D eigenvalue weighted by atomic mass is 9.97. The minimum atomic E-state index is -0.994. The topological polar surface area (TPSA) is 111 Å². The van der Waals surface area contributed by atoms with Crippen LogP contribution in [0.15, 0.2) is 24.3 Å². The quantitative estimate of drug-likeness (QED) is 0.713. The van der Waals surface area contributed by atoms with Crippen molar-refractivity contribution in [2.24, 2.45) is 5.92 Å². The third kappa shape index (κ3) is 6.25. The van der Waals surface area contributed by atoms with Gasteiger partial charge in [-0.2, -0.15) is 0 Å². The maximum absolute atomic E-state index is 12.3. The second-order valence-corrected chi connectivity index (χ2v) is 5.49. The monoisotopic (exact) mass is 350 g/mol. The Morgan fingerprint density at radius 3 is 2.12 bits per heavy atom. The molecular weight excluding hydrogens is 328 g/mol. The lowest BCUT2D eigenvalue weighted by Gasteiger charge is -2.22. The van der Waals surface area contributed by atoms with Gasteiger partial charge in [0.25, 0.3) is 5.91 Å². The molecule has 0 fully saturated rings. The molecule has 0 heterocycles. The fourth-order valence-electron chi connectivity index (χ4n) is 2.16. The Kier molecular flexibility index (Phi) is 7.58. The molecule has 0 bridgehead atoms. The first-order valence-corrected chi connectivity index (χ1v) is 7.61. The zero-order valence-corrected chi connectivity index (χ0v) is 14.6. The minimum Gasteiger partial charge on any atom is -0.469 e. The zero-order valence-electron chi connectivity index (χ0n) is 14.6. The van der Waals surface area contributed by atoms with Gasteiger partial charge in [0.05, 0.1) is 20.6 Å². The van der Waals surface area contributed by atoms with Crippen molar-refractivity contribution < 1.29 is 28.7 Å². The van der Waals surface area contributed by atoms with Crippen LogP contribution in [0, 0.1) is 5.92 Å². The van der Waals surface area contributed by atoms with E-state index in [0.29, 0.717) is 11.3 Å². The highest BCUT2D eigenvalue weighted by Crippen LogP contribution is 2.14. The number of methoxy groups -OCH3 is 2. The predicted molar refractivity (Wildman–Crippen MR) is 89.8 cm³/mol. The molecule has 0 spiro atoms. The first-order valence-electron chi connectivity index (χ1n) is 7.61. The van der Waals surface area contributed by atoms with Crippen LogP contribution < -0.4 is 10.6 Å². The summed E-state index contributed by atoms with van der Waals surface area (Å²) in [5.74, 6) is -2.38. The number of hydrogen-bond acceptors (Lipinski definition) is 6. The maximum Gasteiger partial charge on any atom is 0.328 e. The molecule has 0 aliphatic heterocycles. The van der Waals surface area contributed by atoms with Crippen LogP contribution in [0.5, 0.6) is 0 Å². The number of nitrogens with one attached hydrogen (secondary N) is 2. The van der Waals surface area contributed by atoms with E-state index in [1.165, 1.54) is 33.3 Å². The summed E-state index contributed by atoms with van der Waals surface area (Å²) in [4.78, 5) is 46.7. The van der Waals surface area contributed by atoms with Gasteiger partial charge in [-0.25, -0.2) is 4.79 Å². The molecule has 0 aromatic heterocycles. The standard InChI is InChI=1S/C17H22N2O6/c1-10(9-14(21)24-3)15(17(23)25-4)19-16(22)12-5-7-13(8-6-12)18-11(2)20/h5-8,10,15H,9H2,1-4H3,(H,18,20)(H,19,22)/t10-,15+/m1/s1. The molecule has 8 nitrogen and oxygen atoms in total. The van der Waals surface area contributed by atoms with Crippen LogP contribution >= 0.6 is 0 Å². The van der Waals surface area contributed by atoms with Gasteiger partial charge in [-0.3, -0.25) is 14.4 Å².